The fourth-order valence-corrected chi connectivity index (χ4v) is 8.24. The minimum atomic E-state index is -3.86. The summed E-state index contributed by atoms with van der Waals surface area (Å²) in [5, 5.41) is 3.33. The molecular weight excluding hydrogens is 1170 g/mol. The number of esters is 2. The zero-order chi connectivity index (χ0) is 62.3. The standard InChI is InChI=1S/C26H32F2N4O8S.C26H34F2N2O8S.C3H9P/c1-3-39-26(33)19(2)16-20-17-23(27)25(24(28)18-20)40-21-4-6-22(7-5-21)41(34,35)31-9-11-37-13-15-38-14-12-36-10-8-30-32-29;1-3-37-26(31)19(2)16-20-17-23(27)25(24(28)18-20)38-21-4-6-22(7-5-21)39(32,33)30-9-11-35-13-15-36-14-12-34-10-8-29;1-4(2)3/h4-7,16-18,31H,3,8-15H2,1-2H3;4-7,16-18,30H,3,8-15,29H2,1-2H3;1-3H3/b2*19-16+;. The Morgan fingerprint density at radius 1 is 0.560 bits per heavy atom. The van der Waals surface area contributed by atoms with Gasteiger partial charge in [-0.1, -0.05) is 5.11 Å². The lowest BCUT2D eigenvalue weighted by atomic mass is 10.1. The van der Waals surface area contributed by atoms with Gasteiger partial charge >= 0.3 is 11.9 Å². The van der Waals surface area contributed by atoms with Gasteiger partial charge in [-0.15, -0.1) is 7.92 Å². The van der Waals surface area contributed by atoms with Crippen LogP contribution in [0, 0.1) is 23.3 Å². The van der Waals surface area contributed by atoms with E-state index in [1.54, 1.807) is 13.8 Å². The third kappa shape index (κ3) is 30.6. The van der Waals surface area contributed by atoms with Crippen LogP contribution in [0.3, 0.4) is 0 Å². The molecule has 0 heterocycles. The van der Waals surface area contributed by atoms with Crippen LogP contribution in [0.4, 0.5) is 17.6 Å². The van der Waals surface area contributed by atoms with Crippen LogP contribution in [0.15, 0.2) is 98.8 Å². The third-order valence-corrected chi connectivity index (χ3v) is 12.9. The predicted octanol–water partition coefficient (Wildman–Crippen LogP) is 8.73. The molecule has 4 aromatic carbocycles. The number of nitrogens with zero attached hydrogens (tertiary/aromatic N) is 3. The molecule has 0 aliphatic rings. The minimum absolute atomic E-state index is 0.00989. The quantitative estimate of drug-likeness (QED) is 0.00555. The largest absolute Gasteiger partial charge is 0.463 e. The second kappa shape index (κ2) is 41.8. The second-order valence-corrected chi connectivity index (χ2v) is 23.6. The number of nitrogens with two attached hydrogens (primary N) is 1. The van der Waals surface area contributed by atoms with Gasteiger partial charge in [0.1, 0.15) is 11.5 Å². The first kappa shape index (κ1) is 74.0. The van der Waals surface area contributed by atoms with Crippen molar-refractivity contribution in [3.63, 3.8) is 0 Å². The molecule has 0 fully saturated rings. The van der Waals surface area contributed by atoms with Crippen LogP contribution in [-0.4, -0.2) is 167 Å². The number of nitrogens with one attached hydrogen (secondary N) is 2. The highest BCUT2D eigenvalue weighted by Crippen LogP contribution is 2.32. The van der Waals surface area contributed by atoms with Crippen LogP contribution in [-0.2, 0) is 67.5 Å². The molecular formula is C55H75F4N6O16PS2. The van der Waals surface area contributed by atoms with Gasteiger partial charge in [0.25, 0.3) is 0 Å². The average Bonchev–Trinajstić information content (AvgIpc) is 3.48. The molecule has 4 rings (SSSR count). The minimum Gasteiger partial charge on any atom is -0.463 e. The van der Waals surface area contributed by atoms with Gasteiger partial charge in [-0.3, -0.25) is 0 Å². The second-order valence-electron chi connectivity index (χ2n) is 17.4. The number of carbonyl (C=O) groups excluding carboxylic acids is 2. The van der Waals surface area contributed by atoms with Crippen molar-refractivity contribution in [3.8, 4) is 23.0 Å². The number of rotatable bonds is 37. The molecule has 0 atom stereocenters. The Hall–Kier alpha value is -6.10. The summed E-state index contributed by atoms with van der Waals surface area (Å²) >= 11 is 0. The van der Waals surface area contributed by atoms with E-state index in [1.165, 1.54) is 74.5 Å². The maximum Gasteiger partial charge on any atom is 0.333 e. The smallest absolute Gasteiger partial charge is 0.333 e. The van der Waals surface area contributed by atoms with Gasteiger partial charge in [0.15, 0.2) is 34.8 Å². The molecule has 0 spiro atoms. The van der Waals surface area contributed by atoms with Crippen molar-refractivity contribution in [2.24, 2.45) is 10.8 Å². The lowest BCUT2D eigenvalue weighted by Gasteiger charge is -2.11. The zero-order valence-corrected chi connectivity index (χ0v) is 50.6. The van der Waals surface area contributed by atoms with Crippen molar-refractivity contribution in [1.29, 1.82) is 0 Å². The molecule has 4 aromatic rings. The van der Waals surface area contributed by atoms with E-state index >= 15 is 0 Å². The molecule has 0 aliphatic carbocycles. The Balaban J connectivity index is 0.000000539. The molecule has 0 amide bonds. The third-order valence-electron chi connectivity index (χ3n) is 9.94. The van der Waals surface area contributed by atoms with E-state index in [-0.39, 0.29) is 96.2 Å². The van der Waals surface area contributed by atoms with E-state index in [2.05, 4.69) is 39.5 Å². The molecule has 0 saturated heterocycles. The van der Waals surface area contributed by atoms with E-state index in [0.717, 1.165) is 24.3 Å². The van der Waals surface area contributed by atoms with Crippen LogP contribution in [0.5, 0.6) is 23.0 Å². The number of hydrogen-bond acceptors (Lipinski definition) is 18. The maximum absolute atomic E-state index is 14.6. The Morgan fingerprint density at radius 3 is 1.18 bits per heavy atom. The number of halogens is 4. The molecule has 0 aromatic heterocycles. The predicted molar refractivity (Wildman–Crippen MR) is 309 cm³/mol. The highest BCUT2D eigenvalue weighted by molar-refractivity contribution is 7.89. The van der Waals surface area contributed by atoms with Gasteiger partial charge in [0, 0.05) is 42.2 Å². The number of sulfonamides is 2. The fourth-order valence-electron chi connectivity index (χ4n) is 6.22. The highest BCUT2D eigenvalue weighted by atomic mass is 32.2. The lowest BCUT2D eigenvalue weighted by Crippen LogP contribution is -2.27. The normalized spacial score (nSPS) is 11.7. The van der Waals surface area contributed by atoms with Crippen molar-refractivity contribution in [2.75, 3.05) is 139 Å². The van der Waals surface area contributed by atoms with Crippen LogP contribution >= 0.6 is 7.92 Å². The summed E-state index contributed by atoms with van der Waals surface area (Å²) in [6, 6.07) is 14.1. The van der Waals surface area contributed by atoms with E-state index in [1.807, 2.05) is 0 Å². The molecule has 29 heteroatoms. The Bertz CT molecular complexity index is 2910. The summed E-state index contributed by atoms with van der Waals surface area (Å²) in [5.74, 6) is -6.52. The Morgan fingerprint density at radius 2 is 0.869 bits per heavy atom. The summed E-state index contributed by atoms with van der Waals surface area (Å²) in [7, 11) is -7.33. The molecule has 0 radical (unpaired) electrons. The molecule has 466 valence electrons. The van der Waals surface area contributed by atoms with Crippen LogP contribution < -0.4 is 24.7 Å². The van der Waals surface area contributed by atoms with Crippen molar-refractivity contribution >= 4 is 52.1 Å². The van der Waals surface area contributed by atoms with E-state index in [9.17, 15) is 44.0 Å². The summed E-state index contributed by atoms with van der Waals surface area (Å²) in [5.41, 5.74) is 14.0. The Kier molecular flexibility index (Phi) is 36.9. The first-order valence-electron chi connectivity index (χ1n) is 26.1. The first-order chi connectivity index (χ1) is 40.1. The van der Waals surface area contributed by atoms with Gasteiger partial charge in [-0.25, -0.2) is 53.4 Å². The van der Waals surface area contributed by atoms with Crippen LogP contribution in [0.25, 0.3) is 22.6 Å². The van der Waals surface area contributed by atoms with E-state index < -0.39 is 66.8 Å². The van der Waals surface area contributed by atoms with Crippen molar-refractivity contribution in [1.82, 2.24) is 9.44 Å². The van der Waals surface area contributed by atoms with Gasteiger partial charge in [0.05, 0.1) is 102 Å². The molecule has 22 nitrogen and oxygen atoms in total. The number of ether oxygens (including phenoxy) is 10. The monoisotopic (exact) mass is 1250 g/mol. The average molecular weight is 1250 g/mol. The van der Waals surface area contributed by atoms with E-state index in [0.29, 0.717) is 73.9 Å². The van der Waals surface area contributed by atoms with Crippen molar-refractivity contribution < 1.29 is 91.4 Å². The molecule has 4 N–H and O–H groups in total. The van der Waals surface area contributed by atoms with Gasteiger partial charge < -0.3 is 53.1 Å². The van der Waals surface area contributed by atoms with Crippen LogP contribution in [0.1, 0.15) is 38.8 Å². The summed E-state index contributed by atoms with van der Waals surface area (Å²) in [6.45, 7) is 17.7. The van der Waals surface area contributed by atoms with Crippen LogP contribution in [0.2, 0.25) is 0 Å². The molecule has 0 unspecified atom stereocenters. The van der Waals surface area contributed by atoms with Crippen molar-refractivity contribution in [2.45, 2.75) is 37.5 Å². The topological polar surface area (TPSA) is 294 Å². The Labute approximate surface area is 489 Å². The highest BCUT2D eigenvalue weighted by Gasteiger charge is 2.19. The summed E-state index contributed by atoms with van der Waals surface area (Å²) < 4.78 is 165. The molecule has 0 saturated carbocycles. The number of hydrogen-bond donors (Lipinski definition) is 3. The molecule has 0 aliphatic heterocycles. The lowest BCUT2D eigenvalue weighted by molar-refractivity contribution is -0.139. The van der Waals surface area contributed by atoms with E-state index in [4.69, 9.17) is 58.6 Å². The molecule has 84 heavy (non-hydrogen) atoms. The maximum atomic E-state index is 14.6. The van der Waals surface area contributed by atoms with Gasteiger partial charge in [-0.05, 0) is 149 Å². The summed E-state index contributed by atoms with van der Waals surface area (Å²) in [4.78, 5) is 25.9. The number of azide groups is 1. The fraction of sp³-hybridized carbons (Fsp3) is 0.455. The number of carbonyl (C=O) groups is 2. The van der Waals surface area contributed by atoms with Gasteiger partial charge in [0.2, 0.25) is 20.0 Å². The van der Waals surface area contributed by atoms with Gasteiger partial charge in [-0.2, -0.15) is 0 Å². The zero-order valence-electron chi connectivity index (χ0n) is 48.0. The van der Waals surface area contributed by atoms with Crippen molar-refractivity contribution in [3.05, 3.63) is 129 Å². The molecule has 0 bridgehead atoms. The summed E-state index contributed by atoms with van der Waals surface area (Å²) in [6.07, 6.45) is 2.58. The first-order valence-corrected chi connectivity index (χ1v) is 31.8. The SMILES string of the molecule is CCOC(=O)/C(C)=C/c1cc(F)c(Oc2ccc(S(=O)(=O)NCCOCCOCCOCCN)cc2)c(F)c1.CCOC(=O)/C(C)=C/c1cc(F)c(Oc2ccc(S(=O)(=O)NCCOCCOCCOCCN=[N+]=[N-])cc2)c(F)c1.CP(C)C. The number of benzene rings is 4.